The fraction of sp³-hybridized carbons (Fsp3) is 0.296. The standard InChI is InChI=1S/C27H31N3O/c1-20-8-4-7-11-25(20)27(31)28-18-26(22-12-14-24(15-13-22)29(2)3)30-17-16-21-9-5-6-10-23(21)19-30/h4-15,26H,16-19H2,1-3H3,(H,28,31)/t26-/m0/s1. The molecule has 0 spiro atoms. The Balaban J connectivity index is 1.57. The minimum atomic E-state index is -0.00887. The van der Waals surface area contributed by atoms with Gasteiger partial charge >= 0.3 is 0 Å². The van der Waals surface area contributed by atoms with E-state index in [9.17, 15) is 4.79 Å². The highest BCUT2D eigenvalue weighted by atomic mass is 16.1. The zero-order valence-corrected chi connectivity index (χ0v) is 18.6. The Bertz CT molecular complexity index is 1040. The summed E-state index contributed by atoms with van der Waals surface area (Å²) in [6, 6.07) is 25.3. The molecule has 0 bridgehead atoms. The van der Waals surface area contributed by atoms with E-state index in [4.69, 9.17) is 0 Å². The largest absolute Gasteiger partial charge is 0.378 e. The Kier molecular flexibility index (Phi) is 6.38. The lowest BCUT2D eigenvalue weighted by Gasteiger charge is -2.36. The summed E-state index contributed by atoms with van der Waals surface area (Å²) in [6.45, 7) is 4.44. The summed E-state index contributed by atoms with van der Waals surface area (Å²) in [4.78, 5) is 17.5. The molecule has 0 unspecified atom stereocenters. The molecule has 1 N–H and O–H groups in total. The number of carbonyl (C=O) groups is 1. The van der Waals surface area contributed by atoms with Crippen molar-refractivity contribution in [3.05, 3.63) is 101 Å². The van der Waals surface area contributed by atoms with Crippen LogP contribution in [0.25, 0.3) is 0 Å². The second-order valence-corrected chi connectivity index (χ2v) is 8.52. The topological polar surface area (TPSA) is 35.6 Å². The lowest BCUT2D eigenvalue weighted by molar-refractivity contribution is 0.0927. The fourth-order valence-corrected chi connectivity index (χ4v) is 4.35. The lowest BCUT2D eigenvalue weighted by Crippen LogP contribution is -2.40. The predicted molar refractivity (Wildman–Crippen MR) is 128 cm³/mol. The molecule has 0 aliphatic carbocycles. The van der Waals surface area contributed by atoms with Crippen LogP contribution in [-0.4, -0.2) is 38.0 Å². The molecule has 0 saturated carbocycles. The number of anilines is 1. The molecular weight excluding hydrogens is 382 g/mol. The van der Waals surface area contributed by atoms with Crippen molar-refractivity contribution in [3.8, 4) is 0 Å². The van der Waals surface area contributed by atoms with Gasteiger partial charge in [0.05, 0.1) is 6.04 Å². The van der Waals surface area contributed by atoms with E-state index in [2.05, 4.69) is 77.7 Å². The summed E-state index contributed by atoms with van der Waals surface area (Å²) in [7, 11) is 4.10. The van der Waals surface area contributed by atoms with E-state index >= 15 is 0 Å². The molecule has 1 atom stereocenters. The number of aryl methyl sites for hydroxylation is 1. The number of nitrogens with one attached hydrogen (secondary N) is 1. The van der Waals surface area contributed by atoms with Gasteiger partial charge in [-0.2, -0.15) is 0 Å². The van der Waals surface area contributed by atoms with Gasteiger partial charge in [0.25, 0.3) is 5.91 Å². The van der Waals surface area contributed by atoms with Crippen molar-refractivity contribution in [2.75, 3.05) is 32.1 Å². The van der Waals surface area contributed by atoms with Gasteiger partial charge in [-0.1, -0.05) is 54.6 Å². The highest BCUT2D eigenvalue weighted by Gasteiger charge is 2.25. The maximum absolute atomic E-state index is 12.9. The summed E-state index contributed by atoms with van der Waals surface area (Å²) in [6.07, 6.45) is 1.04. The maximum atomic E-state index is 12.9. The normalized spacial score (nSPS) is 14.5. The van der Waals surface area contributed by atoms with E-state index < -0.39 is 0 Å². The molecule has 0 aromatic heterocycles. The number of hydrogen-bond donors (Lipinski definition) is 1. The van der Waals surface area contributed by atoms with Gasteiger partial charge in [-0.15, -0.1) is 0 Å². The first-order valence-electron chi connectivity index (χ1n) is 10.9. The molecule has 1 aliphatic heterocycles. The van der Waals surface area contributed by atoms with Gasteiger partial charge in [0.15, 0.2) is 0 Å². The molecule has 0 fully saturated rings. The third-order valence-electron chi connectivity index (χ3n) is 6.24. The Morgan fingerprint density at radius 1 is 0.968 bits per heavy atom. The molecule has 0 radical (unpaired) electrons. The van der Waals surface area contributed by atoms with Crippen LogP contribution in [0.15, 0.2) is 72.8 Å². The quantitative estimate of drug-likeness (QED) is 0.642. The van der Waals surface area contributed by atoms with E-state index in [1.54, 1.807) is 0 Å². The lowest BCUT2D eigenvalue weighted by atomic mass is 9.96. The van der Waals surface area contributed by atoms with Gasteiger partial charge in [0.1, 0.15) is 0 Å². The zero-order valence-electron chi connectivity index (χ0n) is 18.6. The van der Waals surface area contributed by atoms with Gasteiger partial charge in [0.2, 0.25) is 0 Å². The minimum Gasteiger partial charge on any atom is -0.378 e. The monoisotopic (exact) mass is 413 g/mol. The number of amides is 1. The van der Waals surface area contributed by atoms with Crippen LogP contribution in [0.2, 0.25) is 0 Å². The maximum Gasteiger partial charge on any atom is 0.251 e. The zero-order chi connectivity index (χ0) is 21.8. The van der Waals surface area contributed by atoms with Crippen molar-refractivity contribution < 1.29 is 4.79 Å². The summed E-state index contributed by atoms with van der Waals surface area (Å²) < 4.78 is 0. The second-order valence-electron chi connectivity index (χ2n) is 8.52. The molecule has 4 rings (SSSR count). The van der Waals surface area contributed by atoms with Crippen molar-refractivity contribution in [3.63, 3.8) is 0 Å². The van der Waals surface area contributed by atoms with Gasteiger partial charge < -0.3 is 10.2 Å². The molecule has 4 heteroatoms. The first-order chi connectivity index (χ1) is 15.0. The van der Waals surface area contributed by atoms with Crippen LogP contribution in [-0.2, 0) is 13.0 Å². The number of carbonyl (C=O) groups excluding carboxylic acids is 1. The second kappa shape index (κ2) is 9.36. The van der Waals surface area contributed by atoms with Crippen LogP contribution in [0.4, 0.5) is 5.69 Å². The van der Waals surface area contributed by atoms with Gasteiger partial charge in [-0.05, 0) is 53.8 Å². The van der Waals surface area contributed by atoms with Crippen molar-refractivity contribution in [1.29, 1.82) is 0 Å². The summed E-state index contributed by atoms with van der Waals surface area (Å²) in [5.41, 5.74) is 6.97. The SMILES string of the molecule is Cc1ccccc1C(=O)NC[C@@H](c1ccc(N(C)C)cc1)N1CCc2ccccc2C1. The Hall–Kier alpha value is -3.11. The first kappa shape index (κ1) is 21.1. The van der Waals surface area contributed by atoms with Crippen LogP contribution in [0.1, 0.15) is 38.7 Å². The van der Waals surface area contributed by atoms with E-state index in [-0.39, 0.29) is 11.9 Å². The molecule has 1 amide bonds. The number of nitrogens with zero attached hydrogens (tertiary/aromatic N) is 2. The van der Waals surface area contributed by atoms with Crippen LogP contribution in [0.3, 0.4) is 0 Å². The number of rotatable bonds is 6. The van der Waals surface area contributed by atoms with Crippen molar-refractivity contribution in [2.24, 2.45) is 0 Å². The third kappa shape index (κ3) is 4.80. The van der Waals surface area contributed by atoms with Crippen molar-refractivity contribution in [1.82, 2.24) is 10.2 Å². The van der Waals surface area contributed by atoms with Crippen LogP contribution >= 0.6 is 0 Å². The van der Waals surface area contributed by atoms with E-state index in [0.29, 0.717) is 6.54 Å². The molecule has 0 saturated heterocycles. The molecule has 4 nitrogen and oxygen atoms in total. The summed E-state index contributed by atoms with van der Waals surface area (Å²) in [5.74, 6) is -0.00887. The Labute approximate surface area is 185 Å². The number of benzene rings is 3. The molecule has 1 aliphatic rings. The van der Waals surface area contributed by atoms with Crippen LogP contribution in [0.5, 0.6) is 0 Å². The minimum absolute atomic E-state index is 0.00887. The predicted octanol–water partition coefficient (Wildman–Crippen LogP) is 4.59. The number of fused-ring (bicyclic) bond motifs is 1. The molecular formula is C27H31N3O. The molecule has 3 aromatic carbocycles. The summed E-state index contributed by atoms with van der Waals surface area (Å²) in [5, 5.41) is 3.21. The molecule has 1 heterocycles. The summed E-state index contributed by atoms with van der Waals surface area (Å²) >= 11 is 0. The molecule has 31 heavy (non-hydrogen) atoms. The fourth-order valence-electron chi connectivity index (χ4n) is 4.35. The van der Waals surface area contributed by atoms with Gasteiger partial charge in [0, 0.05) is 45.0 Å². The van der Waals surface area contributed by atoms with Crippen molar-refractivity contribution >= 4 is 11.6 Å². The highest BCUT2D eigenvalue weighted by molar-refractivity contribution is 5.95. The average molecular weight is 414 g/mol. The average Bonchev–Trinajstić information content (AvgIpc) is 2.79. The van der Waals surface area contributed by atoms with Crippen LogP contribution < -0.4 is 10.2 Å². The van der Waals surface area contributed by atoms with E-state index in [0.717, 1.165) is 30.6 Å². The highest BCUT2D eigenvalue weighted by Crippen LogP contribution is 2.29. The van der Waals surface area contributed by atoms with E-state index in [1.165, 1.54) is 22.4 Å². The van der Waals surface area contributed by atoms with Crippen molar-refractivity contribution in [2.45, 2.75) is 25.9 Å². The Morgan fingerprint density at radius 2 is 1.65 bits per heavy atom. The van der Waals surface area contributed by atoms with E-state index in [1.807, 2.05) is 31.2 Å². The molecule has 160 valence electrons. The molecule has 3 aromatic rings. The smallest absolute Gasteiger partial charge is 0.251 e. The number of hydrogen-bond acceptors (Lipinski definition) is 3. The van der Waals surface area contributed by atoms with Crippen LogP contribution in [0, 0.1) is 6.92 Å². The van der Waals surface area contributed by atoms with Gasteiger partial charge in [-0.25, -0.2) is 0 Å². The Morgan fingerprint density at radius 3 is 2.35 bits per heavy atom. The van der Waals surface area contributed by atoms with Gasteiger partial charge in [-0.3, -0.25) is 9.69 Å². The third-order valence-corrected chi connectivity index (χ3v) is 6.24. The first-order valence-corrected chi connectivity index (χ1v) is 10.9.